The molecule has 0 radical (unpaired) electrons. The largest absolute Gasteiger partial charge is 0.311 e. The molecule has 9 aromatic rings. The molecule has 0 aromatic heterocycles. The zero-order chi connectivity index (χ0) is 41.1. The van der Waals surface area contributed by atoms with Crippen LogP contribution in [0.3, 0.4) is 0 Å². The van der Waals surface area contributed by atoms with Crippen LogP contribution in [0.4, 0.5) is 34.1 Å². The van der Waals surface area contributed by atoms with Crippen molar-refractivity contribution in [2.75, 3.05) is 9.80 Å². The van der Waals surface area contributed by atoms with Crippen LogP contribution in [0.5, 0.6) is 0 Å². The highest BCUT2D eigenvalue weighted by atomic mass is 15.1. The van der Waals surface area contributed by atoms with Crippen LogP contribution in [-0.2, 0) is 11.8 Å². The number of anilines is 6. The van der Waals surface area contributed by atoms with Gasteiger partial charge in [-0.3, -0.25) is 0 Å². The molecule has 2 nitrogen and oxygen atoms in total. The Morgan fingerprint density at radius 2 is 0.967 bits per heavy atom. The second kappa shape index (κ2) is 14.7. The second-order valence-corrected chi connectivity index (χ2v) is 17.1. The third kappa shape index (κ3) is 6.35. The minimum atomic E-state index is -0.187. The fourth-order valence-electron chi connectivity index (χ4n) is 9.81. The molecular weight excluding hydrogens is 737 g/mol. The summed E-state index contributed by atoms with van der Waals surface area (Å²) < 4.78 is 0. The quantitative estimate of drug-likeness (QED) is 0.142. The zero-order valence-corrected chi connectivity index (χ0v) is 34.8. The molecule has 0 fully saturated rings. The molecule has 2 aliphatic rings. The maximum atomic E-state index is 2.47. The van der Waals surface area contributed by atoms with E-state index in [0.717, 1.165) is 34.7 Å². The number of nitrogens with zero attached hydrogens (tertiary/aromatic N) is 2. The summed E-state index contributed by atoms with van der Waals surface area (Å²) in [5.74, 6) is 0. The smallest absolute Gasteiger partial charge is 0.0540 e. The van der Waals surface area contributed by atoms with Gasteiger partial charge in [-0.25, -0.2) is 0 Å². The molecule has 0 atom stereocenters. The number of hydrogen-bond acceptors (Lipinski definition) is 2. The van der Waals surface area contributed by atoms with Crippen LogP contribution >= 0.6 is 0 Å². The van der Waals surface area contributed by atoms with Gasteiger partial charge in [0.15, 0.2) is 0 Å². The average molecular weight is 783 g/mol. The van der Waals surface area contributed by atoms with E-state index in [1.165, 1.54) is 77.8 Å². The highest BCUT2D eigenvalue weighted by Crippen LogP contribution is 2.52. The third-order valence-corrected chi connectivity index (χ3v) is 12.9. The van der Waals surface area contributed by atoms with E-state index in [0.29, 0.717) is 0 Å². The predicted octanol–water partition coefficient (Wildman–Crippen LogP) is 16.1. The van der Waals surface area contributed by atoms with E-state index >= 15 is 0 Å². The van der Waals surface area contributed by atoms with E-state index < -0.39 is 0 Å². The molecule has 61 heavy (non-hydrogen) atoms. The number of rotatable bonds is 8. The average Bonchev–Trinajstić information content (AvgIpc) is 3.53. The summed E-state index contributed by atoms with van der Waals surface area (Å²) in [5, 5.41) is 2.64. The van der Waals surface area contributed by atoms with Crippen molar-refractivity contribution in [3.63, 3.8) is 0 Å². The molecule has 0 heterocycles. The maximum Gasteiger partial charge on any atom is 0.0540 e. The first-order valence-corrected chi connectivity index (χ1v) is 21.4. The van der Waals surface area contributed by atoms with Crippen molar-refractivity contribution in [1.82, 2.24) is 0 Å². The Morgan fingerprint density at radius 3 is 1.70 bits per heavy atom. The Bertz CT molecular complexity index is 3080. The second-order valence-electron chi connectivity index (χ2n) is 17.1. The van der Waals surface area contributed by atoms with Gasteiger partial charge in [-0.05, 0) is 141 Å². The van der Waals surface area contributed by atoms with Crippen molar-refractivity contribution in [1.29, 1.82) is 0 Å². The molecule has 2 aliphatic carbocycles. The number of aryl methyl sites for hydroxylation is 1. The van der Waals surface area contributed by atoms with Crippen LogP contribution in [-0.4, -0.2) is 0 Å². The van der Waals surface area contributed by atoms with E-state index in [1.807, 2.05) is 0 Å². The maximum absolute atomic E-state index is 2.47. The molecule has 0 saturated heterocycles. The lowest BCUT2D eigenvalue weighted by molar-refractivity contribution is 0.660. The molecule has 9 aromatic carbocycles. The number of benzene rings is 9. The Kier molecular flexibility index (Phi) is 8.83. The highest BCUT2D eigenvalue weighted by Gasteiger charge is 2.36. The summed E-state index contributed by atoms with van der Waals surface area (Å²) in [6.07, 6.45) is 5.43. The Balaban J connectivity index is 0.928. The minimum Gasteiger partial charge on any atom is -0.311 e. The topological polar surface area (TPSA) is 6.48 Å². The Morgan fingerprint density at radius 1 is 0.410 bits per heavy atom. The summed E-state index contributed by atoms with van der Waals surface area (Å²) in [6, 6.07) is 73.5. The summed E-state index contributed by atoms with van der Waals surface area (Å²) in [6.45, 7) is 6.93. The standard InChI is InChI=1S/C59H46N2/c1-40-21-29-48(30-22-40)61(57-36-28-44-38-43-13-10-11-18-50(43)53-19-12-20-54(57)58(44)53)49-33-35-52-51-34-27-42(37-55(51)59(2,3)56(52)39-49)24-23-41-25-31-47(32-26-41)60(45-14-6-4-7-15-45)46-16-8-5-9-17-46/h4-37,39H,38H2,1-3H3. The summed E-state index contributed by atoms with van der Waals surface area (Å²) in [5.41, 5.74) is 21.2. The molecule has 292 valence electrons. The number of fused-ring (bicyclic) bond motifs is 5. The van der Waals surface area contributed by atoms with E-state index in [-0.39, 0.29) is 5.41 Å². The lowest BCUT2D eigenvalue weighted by atomic mass is 9.81. The van der Waals surface area contributed by atoms with E-state index in [2.05, 4.69) is 243 Å². The molecule has 0 spiro atoms. The number of hydrogen-bond donors (Lipinski definition) is 0. The molecule has 0 saturated carbocycles. The van der Waals surface area contributed by atoms with Crippen LogP contribution in [0.1, 0.15) is 52.8 Å². The lowest BCUT2D eigenvalue weighted by Gasteiger charge is -2.30. The normalized spacial score (nSPS) is 13.2. The van der Waals surface area contributed by atoms with Gasteiger partial charge >= 0.3 is 0 Å². The first-order valence-electron chi connectivity index (χ1n) is 21.4. The van der Waals surface area contributed by atoms with E-state index in [4.69, 9.17) is 0 Å². The van der Waals surface area contributed by atoms with Crippen LogP contribution in [0.15, 0.2) is 200 Å². The first-order chi connectivity index (χ1) is 29.9. The molecule has 0 N–H and O–H groups in total. The van der Waals surface area contributed by atoms with Crippen LogP contribution in [0.25, 0.3) is 45.2 Å². The SMILES string of the molecule is Cc1ccc(N(c2ccc3c(c2)C(C)(C)c2cc(C=Cc4ccc(N(c5ccccc5)c5ccccc5)cc4)ccc2-3)c2ccc3c4c(cccc24)-c2ccccc2C3)cc1. The van der Waals surface area contributed by atoms with Gasteiger partial charge in [0.25, 0.3) is 0 Å². The Hall–Kier alpha value is -7.42. The lowest BCUT2D eigenvalue weighted by Crippen LogP contribution is -2.17. The fourth-order valence-corrected chi connectivity index (χ4v) is 9.81. The van der Waals surface area contributed by atoms with Crippen molar-refractivity contribution in [2.45, 2.75) is 32.6 Å². The summed E-state index contributed by atoms with van der Waals surface area (Å²) >= 11 is 0. The van der Waals surface area contributed by atoms with Gasteiger partial charge in [-0.2, -0.15) is 0 Å². The summed E-state index contributed by atoms with van der Waals surface area (Å²) in [4.78, 5) is 4.77. The van der Waals surface area contributed by atoms with Gasteiger partial charge < -0.3 is 9.80 Å². The molecule has 2 heteroatoms. The fraction of sp³-hybridized carbons (Fsp3) is 0.0847. The van der Waals surface area contributed by atoms with Crippen molar-refractivity contribution >= 4 is 57.0 Å². The van der Waals surface area contributed by atoms with Crippen LogP contribution in [0, 0.1) is 6.92 Å². The van der Waals surface area contributed by atoms with Gasteiger partial charge in [0.1, 0.15) is 0 Å². The van der Waals surface area contributed by atoms with E-state index in [1.54, 1.807) is 0 Å². The molecule has 0 aliphatic heterocycles. The van der Waals surface area contributed by atoms with Crippen molar-refractivity contribution in [3.05, 3.63) is 239 Å². The summed E-state index contributed by atoms with van der Waals surface area (Å²) in [7, 11) is 0. The predicted molar refractivity (Wildman–Crippen MR) is 259 cm³/mol. The molecule has 11 rings (SSSR count). The van der Waals surface area contributed by atoms with Gasteiger partial charge in [0, 0.05) is 39.2 Å². The van der Waals surface area contributed by atoms with Crippen molar-refractivity contribution in [3.8, 4) is 22.3 Å². The minimum absolute atomic E-state index is 0.187. The zero-order valence-electron chi connectivity index (χ0n) is 34.8. The first kappa shape index (κ1) is 36.6. The highest BCUT2D eigenvalue weighted by molar-refractivity contribution is 6.09. The monoisotopic (exact) mass is 782 g/mol. The van der Waals surface area contributed by atoms with Crippen molar-refractivity contribution < 1.29 is 0 Å². The Labute approximate surface area is 359 Å². The van der Waals surface area contributed by atoms with Crippen molar-refractivity contribution in [2.24, 2.45) is 0 Å². The van der Waals surface area contributed by atoms with Gasteiger partial charge in [0.2, 0.25) is 0 Å². The molecule has 0 unspecified atom stereocenters. The molecule has 0 amide bonds. The van der Waals surface area contributed by atoms with Gasteiger partial charge in [-0.1, -0.05) is 165 Å². The molecule has 0 bridgehead atoms. The molecular formula is C59H46N2. The third-order valence-electron chi connectivity index (χ3n) is 12.9. The van der Waals surface area contributed by atoms with E-state index in [9.17, 15) is 0 Å². The van der Waals surface area contributed by atoms with Crippen LogP contribution in [0.2, 0.25) is 0 Å². The number of para-hydroxylation sites is 2. The van der Waals surface area contributed by atoms with Gasteiger partial charge in [0.05, 0.1) is 5.69 Å². The van der Waals surface area contributed by atoms with Gasteiger partial charge in [-0.15, -0.1) is 0 Å². The van der Waals surface area contributed by atoms with Crippen LogP contribution < -0.4 is 9.80 Å².